The molecule has 0 radical (unpaired) electrons. The first-order chi connectivity index (χ1) is 11.2. The molecule has 23 heavy (non-hydrogen) atoms. The topological polar surface area (TPSA) is 45.3 Å². The van der Waals surface area contributed by atoms with E-state index < -0.39 is 0 Å². The van der Waals surface area contributed by atoms with E-state index in [4.69, 9.17) is 17.0 Å². The van der Waals surface area contributed by atoms with Gasteiger partial charge in [0.1, 0.15) is 5.75 Å². The normalized spacial score (nSPS) is 10.0. The predicted octanol–water partition coefficient (Wildman–Crippen LogP) is 4.53. The fourth-order valence-corrected chi connectivity index (χ4v) is 2.25. The van der Waals surface area contributed by atoms with Crippen molar-refractivity contribution >= 4 is 34.4 Å². The monoisotopic (exact) mass is 329 g/mol. The Morgan fingerprint density at radius 3 is 2.09 bits per heavy atom. The Kier molecular flexibility index (Phi) is 6.69. The van der Waals surface area contributed by atoms with E-state index >= 15 is 0 Å². The first-order valence-corrected chi connectivity index (χ1v) is 8.18. The molecule has 0 saturated heterocycles. The average molecular weight is 329 g/mol. The molecule has 0 saturated carbocycles. The lowest BCUT2D eigenvalue weighted by molar-refractivity contribution is 0.415. The summed E-state index contributed by atoms with van der Waals surface area (Å²) >= 11 is 5.26. The van der Waals surface area contributed by atoms with Crippen molar-refractivity contribution < 1.29 is 4.74 Å². The standard InChI is InChI=1S/C18H23N3OS/c1-3-4-13-19-18(23)21-16-7-5-14(6-8-16)20-15-9-11-17(22-2)12-10-15/h5-12,20H,3-4,13H2,1-2H3,(H2,19,21,23). The molecule has 0 aliphatic rings. The van der Waals surface area contributed by atoms with Crippen LogP contribution < -0.4 is 20.7 Å². The second-order valence-corrected chi connectivity index (χ2v) is 5.57. The molecule has 0 fully saturated rings. The van der Waals surface area contributed by atoms with Crippen molar-refractivity contribution in [1.29, 1.82) is 0 Å². The maximum atomic E-state index is 5.26. The number of hydrogen-bond acceptors (Lipinski definition) is 3. The second-order valence-electron chi connectivity index (χ2n) is 5.17. The van der Waals surface area contributed by atoms with E-state index in [-0.39, 0.29) is 0 Å². The summed E-state index contributed by atoms with van der Waals surface area (Å²) in [5.41, 5.74) is 3.01. The lowest BCUT2D eigenvalue weighted by Gasteiger charge is -2.11. The number of benzene rings is 2. The summed E-state index contributed by atoms with van der Waals surface area (Å²) in [6.07, 6.45) is 2.27. The maximum absolute atomic E-state index is 5.26. The van der Waals surface area contributed by atoms with Crippen LogP contribution in [-0.2, 0) is 0 Å². The molecule has 122 valence electrons. The van der Waals surface area contributed by atoms with Crippen LogP contribution in [0.4, 0.5) is 17.1 Å². The van der Waals surface area contributed by atoms with Gasteiger partial charge in [0.25, 0.3) is 0 Å². The summed E-state index contributed by atoms with van der Waals surface area (Å²) in [6.45, 7) is 3.06. The van der Waals surface area contributed by atoms with Crippen LogP contribution in [0.25, 0.3) is 0 Å². The molecular formula is C18H23N3OS. The molecule has 0 aliphatic heterocycles. The molecule has 3 N–H and O–H groups in total. The minimum absolute atomic E-state index is 0.661. The molecular weight excluding hydrogens is 306 g/mol. The summed E-state index contributed by atoms with van der Waals surface area (Å²) < 4.78 is 5.15. The number of rotatable bonds is 7. The van der Waals surface area contributed by atoms with E-state index in [2.05, 4.69) is 22.9 Å². The highest BCUT2D eigenvalue weighted by Crippen LogP contribution is 2.21. The van der Waals surface area contributed by atoms with E-state index in [1.165, 1.54) is 0 Å². The van der Waals surface area contributed by atoms with Crippen LogP contribution in [-0.4, -0.2) is 18.8 Å². The van der Waals surface area contributed by atoms with Crippen molar-refractivity contribution in [2.75, 3.05) is 24.3 Å². The Bertz CT molecular complexity index is 611. The predicted molar refractivity (Wildman–Crippen MR) is 102 cm³/mol. The van der Waals surface area contributed by atoms with Gasteiger partial charge in [-0.2, -0.15) is 0 Å². The van der Waals surface area contributed by atoms with Gasteiger partial charge < -0.3 is 20.7 Å². The van der Waals surface area contributed by atoms with Crippen LogP contribution in [0, 0.1) is 0 Å². The van der Waals surface area contributed by atoms with Gasteiger partial charge in [0.05, 0.1) is 7.11 Å². The molecule has 0 aromatic heterocycles. The zero-order valence-electron chi connectivity index (χ0n) is 13.6. The highest BCUT2D eigenvalue weighted by Gasteiger charge is 1.99. The van der Waals surface area contributed by atoms with Gasteiger partial charge in [-0.1, -0.05) is 13.3 Å². The van der Waals surface area contributed by atoms with Crippen LogP contribution in [0.2, 0.25) is 0 Å². The Hall–Kier alpha value is -2.27. The summed E-state index contributed by atoms with van der Waals surface area (Å²) in [6, 6.07) is 15.9. The molecule has 2 rings (SSSR count). The van der Waals surface area contributed by atoms with E-state index in [0.717, 1.165) is 42.2 Å². The largest absolute Gasteiger partial charge is 0.497 e. The maximum Gasteiger partial charge on any atom is 0.170 e. The third-order valence-corrected chi connectivity index (χ3v) is 3.58. The van der Waals surface area contributed by atoms with E-state index in [1.807, 2.05) is 48.5 Å². The van der Waals surface area contributed by atoms with Gasteiger partial charge >= 0.3 is 0 Å². The Morgan fingerprint density at radius 1 is 0.957 bits per heavy atom. The zero-order chi connectivity index (χ0) is 16.5. The Balaban J connectivity index is 1.87. The van der Waals surface area contributed by atoms with Gasteiger partial charge in [-0.15, -0.1) is 0 Å². The molecule has 2 aromatic carbocycles. The minimum atomic E-state index is 0.661. The quantitative estimate of drug-likeness (QED) is 0.515. The average Bonchev–Trinajstić information content (AvgIpc) is 2.57. The zero-order valence-corrected chi connectivity index (χ0v) is 14.4. The van der Waals surface area contributed by atoms with Gasteiger partial charge in [-0.3, -0.25) is 0 Å². The van der Waals surface area contributed by atoms with Crippen molar-refractivity contribution in [3.05, 3.63) is 48.5 Å². The van der Waals surface area contributed by atoms with Crippen molar-refractivity contribution in [3.8, 4) is 5.75 Å². The fraction of sp³-hybridized carbons (Fsp3) is 0.278. The molecule has 0 bridgehead atoms. The third-order valence-electron chi connectivity index (χ3n) is 3.34. The van der Waals surface area contributed by atoms with Gasteiger partial charge in [0.2, 0.25) is 0 Å². The number of thiocarbonyl (C=S) groups is 1. The molecule has 5 heteroatoms. The number of ether oxygens (including phenoxy) is 1. The van der Waals surface area contributed by atoms with Gasteiger partial charge in [-0.05, 0) is 67.2 Å². The third kappa shape index (κ3) is 5.79. The fourth-order valence-electron chi connectivity index (χ4n) is 2.03. The van der Waals surface area contributed by atoms with Crippen LogP contribution >= 0.6 is 12.2 Å². The number of hydrogen-bond donors (Lipinski definition) is 3. The molecule has 0 atom stereocenters. The molecule has 4 nitrogen and oxygen atoms in total. The van der Waals surface area contributed by atoms with Crippen LogP contribution in [0.15, 0.2) is 48.5 Å². The Labute approximate surface area is 143 Å². The number of anilines is 3. The van der Waals surface area contributed by atoms with Gasteiger partial charge in [0.15, 0.2) is 5.11 Å². The summed E-state index contributed by atoms with van der Waals surface area (Å²) in [7, 11) is 1.66. The number of unbranched alkanes of at least 4 members (excludes halogenated alkanes) is 1. The van der Waals surface area contributed by atoms with Crippen LogP contribution in [0.5, 0.6) is 5.75 Å². The number of methoxy groups -OCH3 is 1. The molecule has 0 aliphatic carbocycles. The molecule has 0 amide bonds. The Morgan fingerprint density at radius 2 is 1.52 bits per heavy atom. The van der Waals surface area contributed by atoms with Crippen molar-refractivity contribution in [2.45, 2.75) is 19.8 Å². The lowest BCUT2D eigenvalue weighted by atomic mass is 10.2. The van der Waals surface area contributed by atoms with Gasteiger partial charge in [-0.25, -0.2) is 0 Å². The molecule has 2 aromatic rings. The van der Waals surface area contributed by atoms with Crippen LogP contribution in [0.3, 0.4) is 0 Å². The summed E-state index contributed by atoms with van der Waals surface area (Å²) in [5, 5.41) is 10.4. The van der Waals surface area contributed by atoms with Crippen molar-refractivity contribution in [2.24, 2.45) is 0 Å². The van der Waals surface area contributed by atoms with E-state index in [0.29, 0.717) is 5.11 Å². The first-order valence-electron chi connectivity index (χ1n) is 7.77. The van der Waals surface area contributed by atoms with Crippen molar-refractivity contribution in [1.82, 2.24) is 5.32 Å². The van der Waals surface area contributed by atoms with Crippen LogP contribution in [0.1, 0.15) is 19.8 Å². The highest BCUT2D eigenvalue weighted by molar-refractivity contribution is 7.80. The highest BCUT2D eigenvalue weighted by atomic mass is 32.1. The minimum Gasteiger partial charge on any atom is -0.497 e. The summed E-state index contributed by atoms with van der Waals surface area (Å²) in [5.74, 6) is 0.846. The molecule has 0 heterocycles. The first kappa shape index (κ1) is 17.1. The lowest BCUT2D eigenvalue weighted by Crippen LogP contribution is -2.29. The second kappa shape index (κ2) is 9.00. The van der Waals surface area contributed by atoms with Crippen molar-refractivity contribution in [3.63, 3.8) is 0 Å². The smallest absolute Gasteiger partial charge is 0.170 e. The van der Waals surface area contributed by atoms with E-state index in [9.17, 15) is 0 Å². The molecule has 0 spiro atoms. The van der Waals surface area contributed by atoms with E-state index in [1.54, 1.807) is 7.11 Å². The number of nitrogens with one attached hydrogen (secondary N) is 3. The SMILES string of the molecule is CCCCNC(=S)Nc1ccc(Nc2ccc(OC)cc2)cc1. The molecule has 0 unspecified atom stereocenters. The summed E-state index contributed by atoms with van der Waals surface area (Å²) in [4.78, 5) is 0. The van der Waals surface area contributed by atoms with Gasteiger partial charge in [0, 0.05) is 23.6 Å².